The van der Waals surface area contributed by atoms with Gasteiger partial charge in [0.25, 0.3) is 10.0 Å². The van der Waals surface area contributed by atoms with Gasteiger partial charge in [0.1, 0.15) is 15.5 Å². The lowest BCUT2D eigenvalue weighted by molar-refractivity contribution is 0.478. The summed E-state index contributed by atoms with van der Waals surface area (Å²) in [6, 6.07) is 3.95. The summed E-state index contributed by atoms with van der Waals surface area (Å²) in [5.74, 6) is -0.475. The maximum atomic E-state index is 13.2. The molecule has 9 nitrogen and oxygen atoms in total. The number of nitrogens with one attached hydrogen (secondary N) is 1. The molecule has 0 atom stereocenters. The summed E-state index contributed by atoms with van der Waals surface area (Å²) in [4.78, 5) is -3.77. The maximum absolute atomic E-state index is 13.2. The minimum atomic E-state index is -5.53. The monoisotopic (exact) mass is 464 g/mol. The zero-order chi connectivity index (χ0) is 19.9. The van der Waals surface area contributed by atoms with Gasteiger partial charge in [0.15, 0.2) is 0 Å². The molecule has 2 aromatic rings. The summed E-state index contributed by atoms with van der Waals surface area (Å²) in [6.07, 6.45) is 0. The predicted octanol–water partition coefficient (Wildman–Crippen LogP) is 1.51. The topological polar surface area (TPSA) is 161 Å². The van der Waals surface area contributed by atoms with E-state index in [1.165, 1.54) is 0 Å². The Bertz CT molecular complexity index is 1150. The van der Waals surface area contributed by atoms with Crippen molar-refractivity contribution < 1.29 is 38.1 Å². The summed E-state index contributed by atoms with van der Waals surface area (Å²) in [7, 11) is -15.7. The molecule has 0 aromatic heterocycles. The van der Waals surface area contributed by atoms with Crippen molar-refractivity contribution in [3.05, 3.63) is 36.4 Å². The van der Waals surface area contributed by atoms with Crippen LogP contribution < -0.4 is 10.5 Å². The van der Waals surface area contributed by atoms with E-state index in [2.05, 4.69) is 0 Å². The number of anilines is 2. The smallest absolute Gasteiger partial charge is 0.332 e. The van der Waals surface area contributed by atoms with Gasteiger partial charge in [-0.25, -0.2) is 8.42 Å². The third-order valence-corrected chi connectivity index (χ3v) is 5.97. The van der Waals surface area contributed by atoms with Gasteiger partial charge >= 0.3 is 20.4 Å². The molecule has 0 saturated carbocycles. The standard InChI is InChI=1S/C12H10F2N2O7S3.ClH/c13-24(18,19)8-4-9(25(14,20)21)6-10(5-8)26(22,23)16-7-1-2-11(15)12(17)3-7;/h1-6,16-17H,15H2;1H. The zero-order valence-electron chi connectivity index (χ0n) is 12.8. The lowest BCUT2D eigenvalue weighted by Crippen LogP contribution is -2.14. The Kier molecular flexibility index (Phi) is 6.32. The SMILES string of the molecule is Cl.Nc1ccc(NS(=O)(=O)c2cc(S(=O)(=O)F)cc(S(=O)(=O)F)c2)cc1O. The van der Waals surface area contributed by atoms with E-state index in [1.807, 2.05) is 4.72 Å². The zero-order valence-corrected chi connectivity index (χ0v) is 16.1. The molecule has 0 aliphatic heterocycles. The van der Waals surface area contributed by atoms with Gasteiger partial charge in [0.05, 0.1) is 16.3 Å². The largest absolute Gasteiger partial charge is 0.506 e. The van der Waals surface area contributed by atoms with E-state index in [1.54, 1.807) is 0 Å². The van der Waals surface area contributed by atoms with Gasteiger partial charge in [-0.2, -0.15) is 16.8 Å². The number of hydrogen-bond acceptors (Lipinski definition) is 8. The Labute approximate surface area is 159 Å². The molecule has 0 bridgehead atoms. The van der Waals surface area contributed by atoms with Gasteiger partial charge in [-0.05, 0) is 30.3 Å². The second-order valence-electron chi connectivity index (χ2n) is 4.89. The highest BCUT2D eigenvalue weighted by molar-refractivity contribution is 7.93. The average molecular weight is 465 g/mol. The molecule has 0 unspecified atom stereocenters. The first kappa shape index (κ1) is 22.9. The number of halogens is 3. The van der Waals surface area contributed by atoms with Crippen molar-refractivity contribution in [3.63, 3.8) is 0 Å². The van der Waals surface area contributed by atoms with E-state index in [0.717, 1.165) is 18.2 Å². The molecule has 0 amide bonds. The van der Waals surface area contributed by atoms with Crippen molar-refractivity contribution >= 4 is 54.3 Å². The van der Waals surface area contributed by atoms with Crippen LogP contribution in [0.2, 0.25) is 0 Å². The van der Waals surface area contributed by atoms with E-state index in [4.69, 9.17) is 5.73 Å². The number of rotatable bonds is 5. The summed E-state index contributed by atoms with van der Waals surface area (Å²) < 4.78 is 96.8. The summed E-state index contributed by atoms with van der Waals surface area (Å²) in [5.41, 5.74) is 5.06. The molecule has 0 aliphatic rings. The van der Waals surface area contributed by atoms with Gasteiger partial charge in [-0.3, -0.25) is 4.72 Å². The van der Waals surface area contributed by atoms with Gasteiger partial charge in [-0.15, -0.1) is 20.2 Å². The first-order valence-electron chi connectivity index (χ1n) is 6.36. The van der Waals surface area contributed by atoms with Crippen molar-refractivity contribution in [1.29, 1.82) is 0 Å². The number of sulfonamides is 1. The van der Waals surface area contributed by atoms with Crippen LogP contribution in [0.15, 0.2) is 51.1 Å². The molecular weight excluding hydrogens is 454 g/mol. The molecular formula is C12H11ClF2N2O7S3. The van der Waals surface area contributed by atoms with Crippen LogP contribution in [0.3, 0.4) is 0 Å². The lowest BCUT2D eigenvalue weighted by Gasteiger charge is -2.10. The molecule has 0 heterocycles. The third kappa shape index (κ3) is 5.41. The van der Waals surface area contributed by atoms with Crippen LogP contribution in [-0.4, -0.2) is 30.4 Å². The van der Waals surface area contributed by atoms with Gasteiger partial charge in [0, 0.05) is 6.07 Å². The summed E-state index contributed by atoms with van der Waals surface area (Å²) in [5, 5.41) is 9.45. The Balaban J connectivity index is 0.00000364. The Morgan fingerprint density at radius 2 is 1.26 bits per heavy atom. The maximum Gasteiger partial charge on any atom is 0.332 e. The number of phenolic OH excluding ortho intramolecular Hbond substituents is 1. The van der Waals surface area contributed by atoms with Crippen molar-refractivity contribution in [1.82, 2.24) is 0 Å². The Morgan fingerprint density at radius 1 is 0.815 bits per heavy atom. The molecule has 27 heavy (non-hydrogen) atoms. The van der Waals surface area contributed by atoms with Gasteiger partial charge in [-0.1, -0.05) is 0 Å². The first-order valence-corrected chi connectivity index (χ1v) is 10.6. The molecule has 0 radical (unpaired) electrons. The second kappa shape index (κ2) is 7.46. The molecule has 0 spiro atoms. The first-order chi connectivity index (χ1) is 11.7. The van der Waals surface area contributed by atoms with Crippen LogP contribution >= 0.6 is 12.4 Å². The fourth-order valence-electron chi connectivity index (χ4n) is 1.80. The summed E-state index contributed by atoms with van der Waals surface area (Å²) >= 11 is 0. The molecule has 0 saturated heterocycles. The summed E-state index contributed by atoms with van der Waals surface area (Å²) in [6.45, 7) is 0. The van der Waals surface area contributed by atoms with Gasteiger partial charge < -0.3 is 10.8 Å². The highest BCUT2D eigenvalue weighted by Gasteiger charge is 2.25. The number of nitrogens with two attached hydrogens (primary N) is 1. The Morgan fingerprint density at radius 3 is 1.67 bits per heavy atom. The van der Waals surface area contributed by atoms with E-state index in [9.17, 15) is 38.1 Å². The highest BCUT2D eigenvalue weighted by atomic mass is 35.5. The van der Waals surface area contributed by atoms with Crippen molar-refractivity contribution in [2.24, 2.45) is 0 Å². The van der Waals surface area contributed by atoms with Crippen LogP contribution in [0, 0.1) is 0 Å². The highest BCUT2D eigenvalue weighted by Crippen LogP contribution is 2.28. The van der Waals surface area contributed by atoms with Crippen LogP contribution in [0.1, 0.15) is 0 Å². The average Bonchev–Trinajstić information content (AvgIpc) is 2.48. The van der Waals surface area contributed by atoms with Crippen LogP contribution in [0.5, 0.6) is 5.75 Å². The number of phenols is 1. The van der Waals surface area contributed by atoms with Crippen molar-refractivity contribution in [2.75, 3.05) is 10.5 Å². The lowest BCUT2D eigenvalue weighted by atomic mass is 10.3. The fraction of sp³-hybridized carbons (Fsp3) is 0. The number of nitrogen functional groups attached to an aromatic ring is 1. The fourth-order valence-corrected chi connectivity index (χ4v) is 4.22. The molecule has 0 aliphatic carbocycles. The second-order valence-corrected chi connectivity index (χ2v) is 9.27. The molecule has 2 aromatic carbocycles. The minimum absolute atomic E-state index is 0. The van der Waals surface area contributed by atoms with Crippen molar-refractivity contribution in [2.45, 2.75) is 14.7 Å². The molecule has 2 rings (SSSR count). The van der Waals surface area contributed by atoms with E-state index in [0.29, 0.717) is 12.1 Å². The van der Waals surface area contributed by atoms with Crippen LogP contribution in [0.25, 0.3) is 0 Å². The van der Waals surface area contributed by atoms with E-state index in [-0.39, 0.29) is 29.8 Å². The van der Waals surface area contributed by atoms with E-state index < -0.39 is 50.9 Å². The van der Waals surface area contributed by atoms with Crippen molar-refractivity contribution in [3.8, 4) is 5.75 Å². The number of aromatic hydroxyl groups is 1. The molecule has 150 valence electrons. The third-order valence-electron chi connectivity index (χ3n) is 3.01. The number of hydrogen-bond donors (Lipinski definition) is 3. The molecule has 0 fully saturated rings. The molecule has 4 N–H and O–H groups in total. The molecule has 15 heteroatoms. The predicted molar refractivity (Wildman–Crippen MR) is 93.6 cm³/mol. The van der Waals surface area contributed by atoms with Crippen LogP contribution in [-0.2, 0) is 30.5 Å². The Hall–Kier alpha value is -2.16. The minimum Gasteiger partial charge on any atom is -0.506 e. The van der Waals surface area contributed by atoms with E-state index >= 15 is 0 Å². The van der Waals surface area contributed by atoms with Gasteiger partial charge in [0.2, 0.25) is 0 Å². The quantitative estimate of drug-likeness (QED) is 0.341. The normalized spacial score (nSPS) is 12.2. The number of benzene rings is 2. The van der Waals surface area contributed by atoms with Crippen LogP contribution in [0.4, 0.5) is 19.1 Å².